The van der Waals surface area contributed by atoms with Crippen molar-refractivity contribution in [1.82, 2.24) is 14.5 Å². The Bertz CT molecular complexity index is 756. The highest BCUT2D eigenvalue weighted by Crippen LogP contribution is 2.13. The number of ether oxygens (including phenoxy) is 1. The number of hydrogen-bond donors (Lipinski definition) is 1. The van der Waals surface area contributed by atoms with E-state index in [1.807, 2.05) is 6.92 Å². The number of benzene rings is 1. The van der Waals surface area contributed by atoms with Crippen molar-refractivity contribution in [2.75, 3.05) is 32.8 Å². The Morgan fingerprint density at radius 3 is 2.15 bits per heavy atom. The van der Waals surface area contributed by atoms with Gasteiger partial charge in [-0.1, -0.05) is 19.1 Å². The predicted molar refractivity (Wildman–Crippen MR) is 101 cm³/mol. The van der Waals surface area contributed by atoms with Gasteiger partial charge in [-0.05, 0) is 38.0 Å². The highest BCUT2D eigenvalue weighted by molar-refractivity contribution is 7.89. The van der Waals surface area contributed by atoms with Crippen LogP contribution in [0, 0.1) is 0 Å². The van der Waals surface area contributed by atoms with Crippen molar-refractivity contribution < 1.29 is 22.7 Å². The first-order chi connectivity index (χ1) is 12.8. The third-order valence-electron chi connectivity index (χ3n) is 4.46. The number of amides is 2. The smallest absolute Gasteiger partial charge is 0.409 e. The van der Waals surface area contributed by atoms with E-state index in [2.05, 4.69) is 4.72 Å². The first kappa shape index (κ1) is 21.2. The fourth-order valence-corrected chi connectivity index (χ4v) is 4.05. The van der Waals surface area contributed by atoms with Crippen molar-refractivity contribution in [3.05, 3.63) is 29.8 Å². The van der Waals surface area contributed by atoms with Crippen LogP contribution in [0.5, 0.6) is 0 Å². The Labute approximate surface area is 160 Å². The van der Waals surface area contributed by atoms with Crippen molar-refractivity contribution in [1.29, 1.82) is 0 Å². The lowest BCUT2D eigenvalue weighted by Crippen LogP contribution is -2.55. The van der Waals surface area contributed by atoms with Gasteiger partial charge in [-0.2, -0.15) is 4.72 Å². The molecular formula is C18H27N3O5S. The highest BCUT2D eigenvalue weighted by Gasteiger charge is 2.29. The van der Waals surface area contributed by atoms with Crippen LogP contribution in [0.15, 0.2) is 29.2 Å². The zero-order valence-electron chi connectivity index (χ0n) is 16.0. The molecule has 150 valence electrons. The van der Waals surface area contributed by atoms with Gasteiger partial charge in [0.05, 0.1) is 17.5 Å². The number of aryl methyl sites for hydroxylation is 1. The Morgan fingerprint density at radius 2 is 1.63 bits per heavy atom. The molecule has 1 saturated heterocycles. The highest BCUT2D eigenvalue weighted by atomic mass is 32.2. The summed E-state index contributed by atoms with van der Waals surface area (Å²) in [5.74, 6) is -0.313. The van der Waals surface area contributed by atoms with Crippen LogP contribution >= 0.6 is 0 Å². The van der Waals surface area contributed by atoms with E-state index in [-0.39, 0.29) is 10.8 Å². The molecule has 9 heteroatoms. The summed E-state index contributed by atoms with van der Waals surface area (Å²) in [5.41, 5.74) is 1.04. The topological polar surface area (TPSA) is 96.0 Å². The fourth-order valence-electron chi connectivity index (χ4n) is 2.85. The van der Waals surface area contributed by atoms with Crippen LogP contribution in [-0.2, 0) is 26.0 Å². The molecule has 1 heterocycles. The van der Waals surface area contributed by atoms with Crippen LogP contribution in [-0.4, -0.2) is 69.0 Å². The standard InChI is InChI=1S/C18H27N3O5S/c1-4-15-6-8-16(9-7-15)27(24,25)19-14(3)17(22)20-10-12-21(13-11-20)18(23)26-5-2/h6-9,14,19H,4-5,10-13H2,1-3H3/t14-/m0/s1. The normalized spacial score (nSPS) is 16.1. The van der Waals surface area contributed by atoms with Gasteiger partial charge in [-0.3, -0.25) is 4.79 Å². The summed E-state index contributed by atoms with van der Waals surface area (Å²) in [6.07, 6.45) is 0.425. The second-order valence-electron chi connectivity index (χ2n) is 6.35. The van der Waals surface area contributed by atoms with E-state index in [9.17, 15) is 18.0 Å². The second-order valence-corrected chi connectivity index (χ2v) is 8.07. The number of rotatable bonds is 6. The summed E-state index contributed by atoms with van der Waals surface area (Å²) in [4.78, 5) is 27.5. The second kappa shape index (κ2) is 9.18. The zero-order valence-corrected chi connectivity index (χ0v) is 16.8. The molecule has 0 aliphatic carbocycles. The molecule has 0 saturated carbocycles. The summed E-state index contributed by atoms with van der Waals surface area (Å²) >= 11 is 0. The number of carbonyl (C=O) groups is 2. The zero-order chi connectivity index (χ0) is 20.0. The molecule has 1 aliphatic rings. The maximum atomic E-state index is 12.6. The third kappa shape index (κ3) is 5.43. The molecule has 0 radical (unpaired) electrons. The van der Waals surface area contributed by atoms with Crippen LogP contribution in [0.3, 0.4) is 0 Å². The number of sulfonamides is 1. The van der Waals surface area contributed by atoms with Crippen molar-refractivity contribution in [2.45, 2.75) is 38.1 Å². The summed E-state index contributed by atoms with van der Waals surface area (Å²) in [5, 5.41) is 0. The molecule has 1 aromatic carbocycles. The monoisotopic (exact) mass is 397 g/mol. The molecule has 0 unspecified atom stereocenters. The summed E-state index contributed by atoms with van der Waals surface area (Å²) in [7, 11) is -3.78. The van der Waals surface area contributed by atoms with E-state index in [1.54, 1.807) is 24.0 Å². The molecule has 0 aromatic heterocycles. The molecule has 2 amide bonds. The molecule has 1 atom stereocenters. The lowest BCUT2D eigenvalue weighted by molar-refractivity contribution is -0.134. The van der Waals surface area contributed by atoms with Crippen molar-refractivity contribution in [3.8, 4) is 0 Å². The molecule has 0 spiro atoms. The van der Waals surface area contributed by atoms with Gasteiger partial charge in [-0.25, -0.2) is 13.2 Å². The van der Waals surface area contributed by atoms with Crippen LogP contribution in [0.25, 0.3) is 0 Å². The Hall–Kier alpha value is -2.13. The average Bonchev–Trinajstić information content (AvgIpc) is 2.67. The molecular weight excluding hydrogens is 370 g/mol. The third-order valence-corrected chi connectivity index (χ3v) is 6.02. The molecule has 0 bridgehead atoms. The Balaban J connectivity index is 1.94. The number of piperazine rings is 1. The van der Waals surface area contributed by atoms with E-state index in [0.717, 1.165) is 12.0 Å². The summed E-state index contributed by atoms with van der Waals surface area (Å²) < 4.78 is 32.4. The van der Waals surface area contributed by atoms with Gasteiger partial charge in [-0.15, -0.1) is 0 Å². The average molecular weight is 397 g/mol. The minimum atomic E-state index is -3.78. The Kier molecular flexibility index (Phi) is 7.20. The predicted octanol–water partition coefficient (Wildman–Crippen LogP) is 1.22. The van der Waals surface area contributed by atoms with Gasteiger partial charge < -0.3 is 14.5 Å². The van der Waals surface area contributed by atoms with Crippen LogP contribution in [0.4, 0.5) is 4.79 Å². The van der Waals surface area contributed by atoms with E-state index < -0.39 is 22.2 Å². The minimum absolute atomic E-state index is 0.131. The first-order valence-corrected chi connectivity index (χ1v) is 10.6. The summed E-state index contributed by atoms with van der Waals surface area (Å²) in [6, 6.07) is 5.70. The van der Waals surface area contributed by atoms with E-state index >= 15 is 0 Å². The lowest BCUT2D eigenvalue weighted by Gasteiger charge is -2.35. The van der Waals surface area contributed by atoms with Crippen LogP contribution in [0.1, 0.15) is 26.3 Å². The molecule has 1 N–H and O–H groups in total. The van der Waals surface area contributed by atoms with Gasteiger partial charge in [0, 0.05) is 26.2 Å². The van der Waals surface area contributed by atoms with Gasteiger partial charge >= 0.3 is 6.09 Å². The van der Waals surface area contributed by atoms with Gasteiger partial charge in [0.15, 0.2) is 0 Å². The van der Waals surface area contributed by atoms with E-state index in [1.165, 1.54) is 24.0 Å². The van der Waals surface area contributed by atoms with E-state index in [4.69, 9.17) is 4.74 Å². The van der Waals surface area contributed by atoms with Crippen LogP contribution in [0.2, 0.25) is 0 Å². The molecule has 1 aliphatic heterocycles. The van der Waals surface area contributed by atoms with Crippen molar-refractivity contribution >= 4 is 22.0 Å². The molecule has 2 rings (SSSR count). The number of nitrogens with zero attached hydrogens (tertiary/aromatic N) is 2. The maximum absolute atomic E-state index is 12.6. The largest absolute Gasteiger partial charge is 0.450 e. The van der Waals surface area contributed by atoms with Gasteiger partial charge in [0.1, 0.15) is 0 Å². The first-order valence-electron chi connectivity index (χ1n) is 9.10. The maximum Gasteiger partial charge on any atom is 0.409 e. The molecule has 1 aromatic rings. The van der Waals surface area contributed by atoms with E-state index in [0.29, 0.717) is 32.8 Å². The van der Waals surface area contributed by atoms with Gasteiger partial charge in [0.2, 0.25) is 15.9 Å². The summed E-state index contributed by atoms with van der Waals surface area (Å²) in [6.45, 7) is 6.97. The SMILES string of the molecule is CCOC(=O)N1CCN(C(=O)[C@H](C)NS(=O)(=O)c2ccc(CC)cc2)CC1. The quantitative estimate of drug-likeness (QED) is 0.779. The number of hydrogen-bond acceptors (Lipinski definition) is 5. The molecule has 1 fully saturated rings. The van der Waals surface area contributed by atoms with Crippen molar-refractivity contribution in [2.24, 2.45) is 0 Å². The number of nitrogens with one attached hydrogen (secondary N) is 1. The minimum Gasteiger partial charge on any atom is -0.450 e. The fraction of sp³-hybridized carbons (Fsp3) is 0.556. The lowest BCUT2D eigenvalue weighted by atomic mass is 10.2. The number of carbonyl (C=O) groups excluding carboxylic acids is 2. The molecule has 8 nitrogen and oxygen atoms in total. The Morgan fingerprint density at radius 1 is 1.07 bits per heavy atom. The van der Waals surface area contributed by atoms with Gasteiger partial charge in [0.25, 0.3) is 0 Å². The van der Waals surface area contributed by atoms with Crippen molar-refractivity contribution in [3.63, 3.8) is 0 Å². The molecule has 27 heavy (non-hydrogen) atoms. The van der Waals surface area contributed by atoms with Crippen LogP contribution < -0.4 is 4.72 Å².